The zero-order valence-corrected chi connectivity index (χ0v) is 16.7. The largest absolute Gasteiger partial charge is 0.402 e. The molecule has 1 aliphatic carbocycles. The van der Waals surface area contributed by atoms with Crippen LogP contribution in [0.2, 0.25) is 0 Å². The van der Waals surface area contributed by atoms with E-state index >= 15 is 0 Å². The van der Waals surface area contributed by atoms with Crippen LogP contribution < -0.4 is 5.32 Å². The fourth-order valence-electron chi connectivity index (χ4n) is 3.79. The van der Waals surface area contributed by atoms with Gasteiger partial charge in [-0.2, -0.15) is 13.2 Å². The Morgan fingerprint density at radius 3 is 2.69 bits per heavy atom. The highest BCUT2D eigenvalue weighted by Gasteiger charge is 2.64. The van der Waals surface area contributed by atoms with Gasteiger partial charge in [0, 0.05) is 23.9 Å². The molecule has 0 spiro atoms. The molecule has 0 saturated heterocycles. The first kappa shape index (κ1) is 21.6. The normalized spacial score (nSPS) is 23.9. The molecule has 1 heterocycles. The van der Waals surface area contributed by atoms with E-state index in [1.54, 1.807) is 30.3 Å². The lowest BCUT2D eigenvalue weighted by atomic mass is 9.70. The number of methoxy groups -OCH3 is 1. The molecule has 0 fully saturated rings. The maximum atomic E-state index is 14.5. The first-order chi connectivity index (χ1) is 13.7. The smallest absolute Gasteiger partial charge is 0.390 e. The van der Waals surface area contributed by atoms with Gasteiger partial charge in [-0.3, -0.25) is 4.98 Å². The summed E-state index contributed by atoms with van der Waals surface area (Å²) in [5.74, 6) is -0.383. The summed E-state index contributed by atoms with van der Waals surface area (Å²) < 4.78 is 48.6. The number of hydrogen-bond donors (Lipinski definition) is 2. The number of rotatable bonds is 6. The van der Waals surface area contributed by atoms with E-state index in [0.29, 0.717) is 16.6 Å². The minimum absolute atomic E-state index is 0.383. The Balaban J connectivity index is 2.16. The lowest BCUT2D eigenvalue weighted by molar-refractivity contribution is -0.243. The molecule has 0 bridgehead atoms. The number of ether oxygens (including phenoxy) is 1. The van der Waals surface area contributed by atoms with Crippen molar-refractivity contribution < 1.29 is 23.0 Å². The Morgan fingerprint density at radius 2 is 2.03 bits per heavy atom. The number of nitrogens with one attached hydrogen (secondary N) is 1. The number of alkyl halides is 4. The fourth-order valence-corrected chi connectivity index (χ4v) is 3.97. The van der Waals surface area contributed by atoms with E-state index in [9.17, 15) is 18.3 Å². The van der Waals surface area contributed by atoms with Crippen LogP contribution in [0.5, 0.6) is 0 Å². The molecular weight excluding hydrogens is 405 g/mol. The summed E-state index contributed by atoms with van der Waals surface area (Å²) in [5, 5.41) is 14.1. The molecule has 0 aliphatic heterocycles. The summed E-state index contributed by atoms with van der Waals surface area (Å²) in [7, 11) is 1.21. The van der Waals surface area contributed by atoms with Crippen LogP contribution >= 0.6 is 11.6 Å². The molecule has 8 heteroatoms. The lowest BCUT2D eigenvalue weighted by Crippen LogP contribution is -2.61. The van der Waals surface area contributed by atoms with Crippen molar-refractivity contribution in [3.8, 4) is 0 Å². The van der Waals surface area contributed by atoms with Gasteiger partial charge in [-0.1, -0.05) is 30.4 Å². The maximum Gasteiger partial charge on any atom is 0.402 e. The maximum absolute atomic E-state index is 14.5. The number of pyridine rings is 1. The average molecular weight is 427 g/mol. The van der Waals surface area contributed by atoms with Crippen LogP contribution in [-0.4, -0.2) is 47.5 Å². The van der Waals surface area contributed by atoms with E-state index < -0.39 is 29.8 Å². The number of benzene rings is 1. The predicted molar refractivity (Wildman–Crippen MR) is 108 cm³/mol. The lowest BCUT2D eigenvalue weighted by Gasteiger charge is -2.46. The van der Waals surface area contributed by atoms with Crippen molar-refractivity contribution in [3.05, 3.63) is 60.3 Å². The van der Waals surface area contributed by atoms with Crippen LogP contribution in [0.1, 0.15) is 5.69 Å². The molecule has 1 aromatic heterocycles. The molecule has 0 saturated carbocycles. The van der Waals surface area contributed by atoms with Gasteiger partial charge in [0.25, 0.3) is 0 Å². The van der Waals surface area contributed by atoms with Gasteiger partial charge in [-0.05, 0) is 31.2 Å². The quantitative estimate of drug-likeness (QED) is 0.662. The number of aromatic nitrogens is 1. The molecule has 1 aromatic carbocycles. The van der Waals surface area contributed by atoms with Crippen LogP contribution in [0.15, 0.2) is 54.6 Å². The standard InChI is InChI=1S/C21H22ClF3N2O2/c1-13-9-10-14-15(26-13)6-5-7-16(14)27-19(17(28)12-22)20(21(23,24)25)11-4-3-8-18(20)29-2/h3-11,17-19,27-28H,12H2,1-2H3/t17?,18?,19?,20-/m1/s1. The molecule has 29 heavy (non-hydrogen) atoms. The second-order valence-electron chi connectivity index (χ2n) is 7.00. The third-order valence-electron chi connectivity index (χ3n) is 5.22. The SMILES string of the molecule is COC1C=CC=C[C@@]1(C(Nc1cccc2nc(C)ccc12)C(O)CCl)C(F)(F)F. The molecule has 0 amide bonds. The van der Waals surface area contributed by atoms with Gasteiger partial charge in [0.2, 0.25) is 0 Å². The Labute approximate surface area is 172 Å². The van der Waals surface area contributed by atoms with E-state index in [-0.39, 0.29) is 5.88 Å². The van der Waals surface area contributed by atoms with Crippen molar-refractivity contribution in [2.24, 2.45) is 5.41 Å². The highest BCUT2D eigenvalue weighted by molar-refractivity contribution is 6.18. The molecule has 0 radical (unpaired) electrons. The molecular formula is C21H22ClF3N2O2. The number of allylic oxidation sites excluding steroid dienone is 2. The van der Waals surface area contributed by atoms with Gasteiger partial charge in [-0.15, -0.1) is 11.6 Å². The minimum Gasteiger partial charge on any atom is -0.390 e. The Bertz CT molecular complexity index is 932. The van der Waals surface area contributed by atoms with Gasteiger partial charge in [0.1, 0.15) is 5.41 Å². The molecule has 2 aromatic rings. The van der Waals surface area contributed by atoms with Gasteiger partial charge < -0.3 is 15.2 Å². The van der Waals surface area contributed by atoms with Crippen molar-refractivity contribution >= 4 is 28.2 Å². The molecule has 156 valence electrons. The van der Waals surface area contributed by atoms with Gasteiger partial charge in [0.15, 0.2) is 0 Å². The average Bonchev–Trinajstić information content (AvgIpc) is 2.70. The predicted octanol–water partition coefficient (Wildman–Crippen LogP) is 4.61. The summed E-state index contributed by atoms with van der Waals surface area (Å²) in [6.07, 6.45) is -2.39. The van der Waals surface area contributed by atoms with Crippen LogP contribution in [0, 0.1) is 12.3 Å². The Morgan fingerprint density at radius 1 is 1.28 bits per heavy atom. The van der Waals surface area contributed by atoms with E-state index in [1.807, 2.05) is 6.92 Å². The zero-order valence-electron chi connectivity index (χ0n) is 15.9. The van der Waals surface area contributed by atoms with E-state index in [4.69, 9.17) is 16.3 Å². The number of aliphatic hydroxyl groups is 1. The van der Waals surface area contributed by atoms with E-state index in [1.165, 1.54) is 25.3 Å². The number of fused-ring (bicyclic) bond motifs is 1. The van der Waals surface area contributed by atoms with Gasteiger partial charge in [-0.25, -0.2) is 0 Å². The van der Waals surface area contributed by atoms with E-state index in [0.717, 1.165) is 11.8 Å². The third-order valence-corrected chi connectivity index (χ3v) is 5.54. The third kappa shape index (κ3) is 3.86. The topological polar surface area (TPSA) is 54.4 Å². The van der Waals surface area contributed by atoms with Crippen molar-refractivity contribution in [3.63, 3.8) is 0 Å². The summed E-state index contributed by atoms with van der Waals surface area (Å²) in [4.78, 5) is 4.42. The number of halogens is 4. The van der Waals surface area contributed by atoms with Crippen molar-refractivity contribution in [2.45, 2.75) is 31.3 Å². The van der Waals surface area contributed by atoms with Gasteiger partial charge in [0.05, 0.1) is 29.6 Å². The molecule has 3 rings (SSSR count). The summed E-state index contributed by atoms with van der Waals surface area (Å²) >= 11 is 5.82. The second kappa shape index (κ2) is 8.34. The van der Waals surface area contributed by atoms with E-state index in [2.05, 4.69) is 10.3 Å². The molecule has 2 N–H and O–H groups in total. The monoisotopic (exact) mass is 426 g/mol. The number of aliphatic hydroxyl groups excluding tert-OH is 1. The fraction of sp³-hybridized carbons (Fsp3) is 0.381. The van der Waals surface area contributed by atoms with Crippen LogP contribution in [0.4, 0.5) is 18.9 Å². The number of nitrogens with zero attached hydrogens (tertiary/aromatic N) is 1. The highest BCUT2D eigenvalue weighted by Crippen LogP contribution is 2.50. The molecule has 1 aliphatic rings. The molecule has 3 unspecified atom stereocenters. The van der Waals surface area contributed by atoms with Crippen molar-refractivity contribution in [2.75, 3.05) is 18.3 Å². The Hall–Kier alpha value is -2.09. The minimum atomic E-state index is -4.72. The number of anilines is 1. The van der Waals surface area contributed by atoms with Crippen LogP contribution in [0.3, 0.4) is 0 Å². The summed E-state index contributed by atoms with van der Waals surface area (Å²) in [6.45, 7) is 1.83. The molecule has 4 atom stereocenters. The van der Waals surface area contributed by atoms with Crippen molar-refractivity contribution in [1.82, 2.24) is 4.98 Å². The Kier molecular flexibility index (Phi) is 6.22. The van der Waals surface area contributed by atoms with Crippen molar-refractivity contribution in [1.29, 1.82) is 0 Å². The summed E-state index contributed by atoms with van der Waals surface area (Å²) in [5.41, 5.74) is -0.674. The zero-order chi connectivity index (χ0) is 21.2. The molecule has 4 nitrogen and oxygen atoms in total. The first-order valence-corrected chi connectivity index (χ1v) is 9.60. The second-order valence-corrected chi connectivity index (χ2v) is 7.31. The van der Waals surface area contributed by atoms with Gasteiger partial charge >= 0.3 is 6.18 Å². The first-order valence-electron chi connectivity index (χ1n) is 9.07. The number of aryl methyl sites for hydroxylation is 1. The van der Waals surface area contributed by atoms with Crippen LogP contribution in [-0.2, 0) is 4.74 Å². The summed E-state index contributed by atoms with van der Waals surface area (Å²) in [6, 6.07) is 7.20. The van der Waals surface area contributed by atoms with Crippen LogP contribution in [0.25, 0.3) is 10.9 Å². The number of hydrogen-bond acceptors (Lipinski definition) is 4. The highest BCUT2D eigenvalue weighted by atomic mass is 35.5.